The molecule has 0 radical (unpaired) electrons. The van der Waals surface area contributed by atoms with E-state index in [4.69, 9.17) is 5.73 Å². The van der Waals surface area contributed by atoms with Gasteiger partial charge in [-0.15, -0.1) is 24.8 Å². The lowest BCUT2D eigenvalue weighted by atomic mass is 10.2. The minimum Gasteiger partial charge on any atom is -0.399 e. The Morgan fingerprint density at radius 1 is 1.21 bits per heavy atom. The first-order valence-electron chi connectivity index (χ1n) is 5.88. The van der Waals surface area contributed by atoms with E-state index in [1.54, 1.807) is 0 Å². The quantitative estimate of drug-likeness (QED) is 0.866. The number of benzene rings is 1. The highest BCUT2D eigenvalue weighted by molar-refractivity contribution is 5.85. The van der Waals surface area contributed by atoms with Gasteiger partial charge in [0.1, 0.15) is 5.82 Å². The average Bonchev–Trinajstić information content (AvgIpc) is 2.76. The molecule has 0 fully saturated rings. The minimum absolute atomic E-state index is 0. The topological polar surface area (TPSA) is 47.1 Å². The lowest BCUT2D eigenvalue weighted by Crippen LogP contribution is -2.33. The summed E-state index contributed by atoms with van der Waals surface area (Å²) in [6, 6.07) is 8.10. The lowest BCUT2D eigenvalue weighted by Gasteiger charge is -2.27. The Balaban J connectivity index is 0.000000902. The summed E-state index contributed by atoms with van der Waals surface area (Å²) in [6.07, 6.45) is 3.92. The number of rotatable bonds is 2. The number of aromatic nitrogens is 2. The second-order valence-electron chi connectivity index (χ2n) is 4.49. The summed E-state index contributed by atoms with van der Waals surface area (Å²) in [4.78, 5) is 6.76. The Morgan fingerprint density at radius 2 is 2.05 bits per heavy atom. The van der Waals surface area contributed by atoms with Crippen LogP contribution in [0.5, 0.6) is 0 Å². The molecule has 2 N–H and O–H groups in total. The van der Waals surface area contributed by atoms with Crippen molar-refractivity contribution in [1.82, 2.24) is 14.5 Å². The van der Waals surface area contributed by atoms with Gasteiger partial charge in [-0.1, -0.05) is 12.1 Å². The maximum Gasteiger partial charge on any atom is 0.122 e. The zero-order chi connectivity index (χ0) is 11.7. The predicted molar refractivity (Wildman–Crippen MR) is 81.7 cm³/mol. The second kappa shape index (κ2) is 6.80. The van der Waals surface area contributed by atoms with Gasteiger partial charge in [-0.2, -0.15) is 0 Å². The van der Waals surface area contributed by atoms with E-state index >= 15 is 0 Å². The van der Waals surface area contributed by atoms with Crippen LogP contribution in [0.1, 0.15) is 11.4 Å². The molecule has 2 aromatic rings. The number of nitrogens with two attached hydrogens (primary N) is 1. The summed E-state index contributed by atoms with van der Waals surface area (Å²) in [6.45, 7) is 3.95. The highest BCUT2D eigenvalue weighted by Gasteiger charge is 2.16. The number of nitrogen functional groups attached to an aromatic ring is 1. The second-order valence-corrected chi connectivity index (χ2v) is 4.49. The van der Waals surface area contributed by atoms with Gasteiger partial charge in [-0.05, 0) is 17.7 Å². The van der Waals surface area contributed by atoms with Gasteiger partial charge in [0.25, 0.3) is 0 Å². The third-order valence-corrected chi connectivity index (χ3v) is 3.18. The normalized spacial score (nSPS) is 14.1. The van der Waals surface area contributed by atoms with Gasteiger partial charge in [0.2, 0.25) is 0 Å². The van der Waals surface area contributed by atoms with E-state index < -0.39 is 0 Å². The van der Waals surface area contributed by atoms with E-state index in [1.165, 1.54) is 5.56 Å². The molecule has 0 saturated heterocycles. The van der Waals surface area contributed by atoms with Gasteiger partial charge in [0.15, 0.2) is 0 Å². The molecule has 0 amide bonds. The van der Waals surface area contributed by atoms with Crippen molar-refractivity contribution in [2.24, 2.45) is 0 Å². The van der Waals surface area contributed by atoms with E-state index in [1.807, 2.05) is 30.6 Å². The molecular formula is C13H18Cl2N4. The summed E-state index contributed by atoms with van der Waals surface area (Å²) in [7, 11) is 0. The maximum absolute atomic E-state index is 5.79. The van der Waals surface area contributed by atoms with Crippen molar-refractivity contribution < 1.29 is 0 Å². The fraction of sp³-hybridized carbons (Fsp3) is 0.308. The molecule has 6 heteroatoms. The monoisotopic (exact) mass is 300 g/mol. The van der Waals surface area contributed by atoms with Gasteiger partial charge in [0, 0.05) is 37.7 Å². The Hall–Kier alpha value is -1.23. The van der Waals surface area contributed by atoms with E-state index in [0.29, 0.717) is 0 Å². The zero-order valence-corrected chi connectivity index (χ0v) is 12.2. The fourth-order valence-electron chi connectivity index (χ4n) is 2.31. The van der Waals surface area contributed by atoms with Gasteiger partial charge >= 0.3 is 0 Å². The van der Waals surface area contributed by atoms with Gasteiger partial charge in [-0.3, -0.25) is 4.90 Å². The van der Waals surface area contributed by atoms with Crippen LogP contribution in [-0.4, -0.2) is 21.0 Å². The van der Waals surface area contributed by atoms with Crippen LogP contribution in [0.15, 0.2) is 36.7 Å². The van der Waals surface area contributed by atoms with Crippen LogP contribution in [0.3, 0.4) is 0 Å². The molecule has 0 unspecified atom stereocenters. The van der Waals surface area contributed by atoms with Gasteiger partial charge in [0.05, 0.1) is 6.54 Å². The molecule has 3 rings (SSSR count). The fourth-order valence-corrected chi connectivity index (χ4v) is 2.31. The van der Waals surface area contributed by atoms with Crippen LogP contribution in [0.2, 0.25) is 0 Å². The molecule has 2 heterocycles. The summed E-state index contributed by atoms with van der Waals surface area (Å²) < 4.78 is 2.22. The molecule has 1 aromatic heterocycles. The molecule has 0 aliphatic carbocycles. The number of fused-ring (bicyclic) bond motifs is 1. The van der Waals surface area contributed by atoms with Crippen LogP contribution in [0.4, 0.5) is 5.69 Å². The smallest absolute Gasteiger partial charge is 0.122 e. The number of imidazole rings is 1. The third kappa shape index (κ3) is 3.62. The summed E-state index contributed by atoms with van der Waals surface area (Å²) in [5.41, 5.74) is 7.89. The van der Waals surface area contributed by atoms with Crippen LogP contribution in [-0.2, 0) is 19.6 Å². The molecule has 0 spiro atoms. The Labute approximate surface area is 125 Å². The maximum atomic E-state index is 5.79. The predicted octanol–water partition coefficient (Wildman–Crippen LogP) is 2.32. The Bertz CT molecular complexity index is 527. The first-order valence-corrected chi connectivity index (χ1v) is 5.88. The first-order chi connectivity index (χ1) is 8.31. The summed E-state index contributed by atoms with van der Waals surface area (Å²) >= 11 is 0. The number of nitrogens with zero attached hydrogens (tertiary/aromatic N) is 3. The van der Waals surface area contributed by atoms with Crippen molar-refractivity contribution >= 4 is 30.5 Å². The molecular weight excluding hydrogens is 283 g/mol. The highest BCUT2D eigenvalue weighted by atomic mass is 35.5. The molecule has 0 saturated carbocycles. The molecule has 4 nitrogen and oxygen atoms in total. The zero-order valence-electron chi connectivity index (χ0n) is 10.5. The van der Waals surface area contributed by atoms with Crippen LogP contribution in [0, 0.1) is 0 Å². The average molecular weight is 301 g/mol. The van der Waals surface area contributed by atoms with Crippen LogP contribution in [0.25, 0.3) is 0 Å². The number of hydrogen-bond acceptors (Lipinski definition) is 3. The first kappa shape index (κ1) is 15.8. The van der Waals surface area contributed by atoms with Crippen molar-refractivity contribution in [1.29, 1.82) is 0 Å². The molecule has 1 aromatic carbocycles. The molecule has 104 valence electrons. The van der Waals surface area contributed by atoms with Crippen LogP contribution < -0.4 is 5.73 Å². The Kier molecular flexibility index (Phi) is 5.66. The summed E-state index contributed by atoms with van der Waals surface area (Å²) in [5, 5.41) is 0. The number of hydrogen-bond donors (Lipinski definition) is 1. The summed E-state index contributed by atoms with van der Waals surface area (Å²) in [5.74, 6) is 1.15. The van der Waals surface area contributed by atoms with E-state index in [0.717, 1.165) is 37.7 Å². The molecule has 1 aliphatic rings. The van der Waals surface area contributed by atoms with E-state index in [9.17, 15) is 0 Å². The van der Waals surface area contributed by atoms with Gasteiger partial charge in [-0.25, -0.2) is 4.98 Å². The SMILES string of the molecule is Cl.Cl.Nc1cccc(CN2CCn3ccnc3C2)c1. The Morgan fingerprint density at radius 3 is 2.84 bits per heavy atom. The van der Waals surface area contributed by atoms with E-state index in [-0.39, 0.29) is 24.8 Å². The van der Waals surface area contributed by atoms with Crippen molar-refractivity contribution in [3.63, 3.8) is 0 Å². The van der Waals surface area contributed by atoms with Crippen LogP contribution >= 0.6 is 24.8 Å². The van der Waals surface area contributed by atoms with E-state index in [2.05, 4.69) is 20.5 Å². The number of halogens is 2. The van der Waals surface area contributed by atoms with Crippen molar-refractivity contribution in [2.45, 2.75) is 19.6 Å². The van der Waals surface area contributed by atoms with Gasteiger partial charge < -0.3 is 10.3 Å². The highest BCUT2D eigenvalue weighted by Crippen LogP contribution is 2.15. The van der Waals surface area contributed by atoms with Crippen molar-refractivity contribution in [2.75, 3.05) is 12.3 Å². The van der Waals surface area contributed by atoms with Crippen molar-refractivity contribution in [3.8, 4) is 0 Å². The number of anilines is 1. The minimum atomic E-state index is 0. The molecule has 1 aliphatic heterocycles. The van der Waals surface area contributed by atoms with Crippen molar-refractivity contribution in [3.05, 3.63) is 48.0 Å². The standard InChI is InChI=1S/C13H16N4.2ClH/c14-12-3-1-2-11(8-12)9-16-6-7-17-5-4-15-13(17)10-16;;/h1-5,8H,6-7,9-10,14H2;2*1H. The largest absolute Gasteiger partial charge is 0.399 e. The molecule has 0 atom stereocenters. The third-order valence-electron chi connectivity index (χ3n) is 3.18. The lowest BCUT2D eigenvalue weighted by molar-refractivity contribution is 0.209. The molecule has 19 heavy (non-hydrogen) atoms. The molecule has 0 bridgehead atoms.